The van der Waals surface area contributed by atoms with Crippen LogP contribution in [0, 0.1) is 15.9 Å². The highest BCUT2D eigenvalue weighted by Gasteiger charge is 2.29. The first kappa shape index (κ1) is 13.0. The summed E-state index contributed by atoms with van der Waals surface area (Å²) in [5.41, 5.74) is -0.577. The van der Waals surface area contributed by atoms with E-state index in [1.807, 2.05) is 0 Å². The number of ether oxygens (including phenoxy) is 2. The molecule has 0 saturated heterocycles. The summed E-state index contributed by atoms with van der Waals surface area (Å²) in [6.45, 7) is -0.159. The zero-order chi connectivity index (χ0) is 15.0. The lowest BCUT2D eigenvalue weighted by Crippen LogP contribution is -2.05. The van der Waals surface area contributed by atoms with Crippen molar-refractivity contribution in [2.24, 2.45) is 0 Å². The van der Waals surface area contributed by atoms with Crippen LogP contribution in [0.15, 0.2) is 36.4 Å². The van der Waals surface area contributed by atoms with E-state index >= 15 is 0 Å². The maximum Gasteiger partial charge on any atom is 0.315 e. The number of halogens is 1. The second-order valence-electron chi connectivity index (χ2n) is 4.30. The normalized spacial score (nSPS) is 12.2. The number of carbonyl (C=O) groups excluding carboxylic acids is 1. The van der Waals surface area contributed by atoms with Gasteiger partial charge in [-0.2, -0.15) is 0 Å². The molecule has 3 rings (SSSR count). The van der Waals surface area contributed by atoms with Crippen LogP contribution >= 0.6 is 0 Å². The van der Waals surface area contributed by atoms with Crippen LogP contribution in [0.25, 0.3) is 0 Å². The van der Waals surface area contributed by atoms with Crippen LogP contribution in [-0.2, 0) is 0 Å². The largest absolute Gasteiger partial charge is 0.453 e. The van der Waals surface area contributed by atoms with Crippen LogP contribution in [0.4, 0.5) is 10.1 Å². The summed E-state index contributed by atoms with van der Waals surface area (Å²) < 4.78 is 23.7. The third-order valence-electron chi connectivity index (χ3n) is 3.03. The fraction of sp³-hybridized carbons (Fsp3) is 0.0714. The highest BCUT2D eigenvalue weighted by molar-refractivity contribution is 6.10. The molecule has 1 heterocycles. The Kier molecular flexibility index (Phi) is 3.02. The Balaban J connectivity index is 2.12. The molecule has 1 aliphatic heterocycles. The van der Waals surface area contributed by atoms with E-state index in [9.17, 15) is 19.3 Å². The third-order valence-corrected chi connectivity index (χ3v) is 3.03. The highest BCUT2D eigenvalue weighted by atomic mass is 19.1. The zero-order valence-electron chi connectivity index (χ0n) is 10.5. The van der Waals surface area contributed by atoms with Crippen molar-refractivity contribution < 1.29 is 23.6 Å². The highest BCUT2D eigenvalue weighted by Crippen LogP contribution is 2.41. The lowest BCUT2D eigenvalue weighted by Gasteiger charge is -2.04. The van der Waals surface area contributed by atoms with E-state index in [2.05, 4.69) is 0 Å². The van der Waals surface area contributed by atoms with Gasteiger partial charge in [-0.25, -0.2) is 4.39 Å². The van der Waals surface area contributed by atoms with Gasteiger partial charge >= 0.3 is 5.69 Å². The van der Waals surface area contributed by atoms with E-state index in [1.54, 1.807) is 0 Å². The summed E-state index contributed by atoms with van der Waals surface area (Å²) >= 11 is 0. The standard InChI is InChI=1S/C14H8FNO5/c15-10-4-2-1-3-9(10)13(17)8-5-11(16(18)19)14-12(6-8)20-7-21-14/h1-6H,7H2. The van der Waals surface area contributed by atoms with Crippen molar-refractivity contribution >= 4 is 11.5 Å². The molecule has 0 radical (unpaired) electrons. The van der Waals surface area contributed by atoms with Crippen LogP contribution < -0.4 is 9.47 Å². The Labute approximate surface area is 117 Å². The lowest BCUT2D eigenvalue weighted by molar-refractivity contribution is -0.385. The number of nitro groups is 1. The Morgan fingerprint density at radius 2 is 2.00 bits per heavy atom. The minimum Gasteiger partial charge on any atom is -0.453 e. The molecule has 2 aromatic carbocycles. The number of hydrogen-bond acceptors (Lipinski definition) is 5. The lowest BCUT2D eigenvalue weighted by atomic mass is 10.0. The number of fused-ring (bicyclic) bond motifs is 1. The molecule has 0 N–H and O–H groups in total. The van der Waals surface area contributed by atoms with Gasteiger partial charge in [0.25, 0.3) is 0 Å². The minimum atomic E-state index is -0.692. The van der Waals surface area contributed by atoms with E-state index < -0.39 is 16.5 Å². The number of ketones is 1. The molecular weight excluding hydrogens is 281 g/mol. The van der Waals surface area contributed by atoms with Crippen LogP contribution in [0.3, 0.4) is 0 Å². The average molecular weight is 289 g/mol. The second kappa shape index (κ2) is 4.86. The summed E-state index contributed by atoms with van der Waals surface area (Å²) in [7, 11) is 0. The molecule has 0 aromatic heterocycles. The summed E-state index contributed by atoms with van der Waals surface area (Å²) in [5.74, 6) is -1.27. The van der Waals surface area contributed by atoms with Gasteiger partial charge in [-0.15, -0.1) is 0 Å². The Morgan fingerprint density at radius 3 is 2.71 bits per heavy atom. The molecular formula is C14H8FNO5. The van der Waals surface area contributed by atoms with Gasteiger partial charge in [-0.3, -0.25) is 14.9 Å². The third kappa shape index (κ3) is 2.18. The van der Waals surface area contributed by atoms with Crippen LogP contribution in [0.2, 0.25) is 0 Å². The van der Waals surface area contributed by atoms with Crippen molar-refractivity contribution in [1.29, 1.82) is 0 Å². The van der Waals surface area contributed by atoms with Gasteiger partial charge in [0.2, 0.25) is 12.5 Å². The van der Waals surface area contributed by atoms with E-state index in [0.717, 1.165) is 12.1 Å². The summed E-state index contributed by atoms with van der Waals surface area (Å²) in [5, 5.41) is 11.0. The zero-order valence-corrected chi connectivity index (χ0v) is 10.5. The summed E-state index contributed by atoms with van der Waals surface area (Å²) in [6, 6.07) is 7.79. The molecule has 0 aliphatic carbocycles. The fourth-order valence-electron chi connectivity index (χ4n) is 2.06. The molecule has 0 bridgehead atoms. The molecule has 1 aliphatic rings. The number of nitrogens with zero attached hydrogens (tertiary/aromatic N) is 1. The molecule has 7 heteroatoms. The van der Waals surface area contributed by atoms with Crippen molar-refractivity contribution in [2.45, 2.75) is 0 Å². The second-order valence-corrected chi connectivity index (χ2v) is 4.30. The smallest absolute Gasteiger partial charge is 0.315 e. The molecule has 21 heavy (non-hydrogen) atoms. The molecule has 0 unspecified atom stereocenters. The molecule has 0 amide bonds. The van der Waals surface area contributed by atoms with Gasteiger partial charge in [0.1, 0.15) is 5.82 Å². The predicted octanol–water partition coefficient (Wildman–Crippen LogP) is 2.69. The van der Waals surface area contributed by atoms with Gasteiger partial charge in [0.05, 0.1) is 10.5 Å². The van der Waals surface area contributed by atoms with Crippen molar-refractivity contribution in [2.75, 3.05) is 6.79 Å². The Morgan fingerprint density at radius 1 is 1.24 bits per heavy atom. The van der Waals surface area contributed by atoms with Gasteiger partial charge in [0, 0.05) is 11.6 Å². The molecule has 106 valence electrons. The maximum atomic E-state index is 13.6. The van der Waals surface area contributed by atoms with E-state index in [4.69, 9.17) is 9.47 Å². The van der Waals surface area contributed by atoms with Crippen molar-refractivity contribution in [3.63, 3.8) is 0 Å². The monoisotopic (exact) mass is 289 g/mol. The average Bonchev–Trinajstić information content (AvgIpc) is 2.94. The first-order valence-corrected chi connectivity index (χ1v) is 5.95. The van der Waals surface area contributed by atoms with Crippen LogP contribution in [-0.4, -0.2) is 17.5 Å². The van der Waals surface area contributed by atoms with Crippen molar-refractivity contribution in [3.8, 4) is 11.5 Å². The topological polar surface area (TPSA) is 78.7 Å². The van der Waals surface area contributed by atoms with E-state index in [0.29, 0.717) is 0 Å². The molecule has 0 spiro atoms. The SMILES string of the molecule is O=C(c1cc2c(c([N+](=O)[O-])c1)OCO2)c1ccccc1F. The van der Waals surface area contributed by atoms with Crippen LogP contribution in [0.1, 0.15) is 15.9 Å². The maximum absolute atomic E-state index is 13.6. The number of carbonyl (C=O) groups is 1. The minimum absolute atomic E-state index is 0.0231. The first-order valence-electron chi connectivity index (χ1n) is 5.95. The van der Waals surface area contributed by atoms with E-state index in [1.165, 1.54) is 24.3 Å². The Bertz CT molecular complexity index is 759. The van der Waals surface area contributed by atoms with Crippen LogP contribution in [0.5, 0.6) is 11.5 Å². The fourth-order valence-corrected chi connectivity index (χ4v) is 2.06. The molecule has 0 fully saturated rings. The quantitative estimate of drug-likeness (QED) is 0.493. The Hall–Kier alpha value is -2.96. The predicted molar refractivity (Wildman–Crippen MR) is 69.1 cm³/mol. The molecule has 0 atom stereocenters. The number of hydrogen-bond donors (Lipinski definition) is 0. The first-order chi connectivity index (χ1) is 10.1. The number of rotatable bonds is 3. The van der Waals surface area contributed by atoms with Gasteiger partial charge in [-0.05, 0) is 18.2 Å². The summed E-state index contributed by atoms with van der Waals surface area (Å²) in [4.78, 5) is 22.6. The van der Waals surface area contributed by atoms with Gasteiger partial charge in [0.15, 0.2) is 11.5 Å². The van der Waals surface area contributed by atoms with Crippen molar-refractivity contribution in [1.82, 2.24) is 0 Å². The van der Waals surface area contributed by atoms with E-state index in [-0.39, 0.29) is 35.1 Å². The molecule has 6 nitrogen and oxygen atoms in total. The van der Waals surface area contributed by atoms with Gasteiger partial charge < -0.3 is 9.47 Å². The molecule has 0 saturated carbocycles. The number of nitro benzene ring substituents is 1. The molecule has 2 aromatic rings. The van der Waals surface area contributed by atoms with Crippen molar-refractivity contribution in [3.05, 3.63) is 63.5 Å². The van der Waals surface area contributed by atoms with Gasteiger partial charge in [-0.1, -0.05) is 12.1 Å². The number of benzene rings is 2. The summed E-state index contributed by atoms with van der Waals surface area (Å²) in [6.07, 6.45) is 0.